The van der Waals surface area contributed by atoms with Crippen molar-refractivity contribution in [2.24, 2.45) is 33.5 Å². The van der Waals surface area contributed by atoms with Crippen LogP contribution in [0.2, 0.25) is 0 Å². The number of esters is 2. The van der Waals surface area contributed by atoms with Crippen LogP contribution in [0, 0.1) is 33.5 Å². The molecule has 20 heavy (non-hydrogen) atoms. The maximum Gasteiger partial charge on any atom is 0.317 e. The number of cyclic esters (lactones) is 2. The first-order valence-corrected chi connectivity index (χ1v) is 8.05. The summed E-state index contributed by atoms with van der Waals surface area (Å²) in [4.78, 5) is 23.7. The minimum absolute atomic E-state index is 0.0785. The molecule has 108 valence electrons. The number of ether oxygens (including phenoxy) is 1. The van der Waals surface area contributed by atoms with Gasteiger partial charge in [0.05, 0.1) is 12.3 Å². The molecule has 0 amide bonds. The highest BCUT2D eigenvalue weighted by atomic mass is 16.6. The van der Waals surface area contributed by atoms with Crippen molar-refractivity contribution in [2.45, 2.75) is 58.8 Å². The second-order valence-electron chi connectivity index (χ2n) is 9.25. The number of fused-ring (bicyclic) bond motifs is 2. The van der Waals surface area contributed by atoms with Gasteiger partial charge in [0.25, 0.3) is 0 Å². The van der Waals surface area contributed by atoms with Crippen molar-refractivity contribution in [3.05, 3.63) is 0 Å². The quantitative estimate of drug-likeness (QED) is 0.545. The predicted molar refractivity (Wildman–Crippen MR) is 71.5 cm³/mol. The third kappa shape index (κ3) is 1.02. The first kappa shape index (κ1) is 11.8. The second-order valence-corrected chi connectivity index (χ2v) is 9.25. The van der Waals surface area contributed by atoms with Gasteiger partial charge in [0.15, 0.2) is 0 Å². The van der Waals surface area contributed by atoms with Crippen LogP contribution in [0.15, 0.2) is 0 Å². The normalized spacial score (nSPS) is 62.5. The fraction of sp³-hybridized carbons (Fsp3) is 0.882. The van der Waals surface area contributed by atoms with Crippen molar-refractivity contribution < 1.29 is 14.3 Å². The van der Waals surface area contributed by atoms with Crippen LogP contribution in [0.5, 0.6) is 0 Å². The van der Waals surface area contributed by atoms with Gasteiger partial charge in [0.1, 0.15) is 0 Å². The van der Waals surface area contributed by atoms with Gasteiger partial charge in [-0.05, 0) is 66.1 Å². The number of hydrogen-bond acceptors (Lipinski definition) is 3. The highest BCUT2D eigenvalue weighted by Gasteiger charge is 2.79. The molecule has 5 fully saturated rings. The van der Waals surface area contributed by atoms with Gasteiger partial charge in [-0.25, -0.2) is 0 Å². The van der Waals surface area contributed by atoms with Crippen molar-refractivity contribution in [3.8, 4) is 0 Å². The smallest absolute Gasteiger partial charge is 0.317 e. The van der Waals surface area contributed by atoms with Crippen LogP contribution in [0.4, 0.5) is 0 Å². The molecule has 4 aliphatic carbocycles. The molecule has 1 heterocycles. The zero-order valence-electron chi connectivity index (χ0n) is 12.3. The minimum atomic E-state index is -0.294. The van der Waals surface area contributed by atoms with Crippen LogP contribution in [0.3, 0.4) is 0 Å². The third-order valence-electron chi connectivity index (χ3n) is 7.95. The molecule has 6 unspecified atom stereocenters. The Morgan fingerprint density at radius 1 is 1.05 bits per heavy atom. The lowest BCUT2D eigenvalue weighted by Crippen LogP contribution is -2.50. The first-order valence-electron chi connectivity index (χ1n) is 8.05. The topological polar surface area (TPSA) is 43.4 Å². The van der Waals surface area contributed by atoms with E-state index in [2.05, 4.69) is 13.8 Å². The number of carbonyl (C=O) groups is 2. The average molecular weight is 274 g/mol. The van der Waals surface area contributed by atoms with E-state index >= 15 is 0 Å². The summed E-state index contributed by atoms with van der Waals surface area (Å²) in [6.07, 6.45) is 7.87. The Labute approximate surface area is 119 Å². The maximum absolute atomic E-state index is 12.2. The summed E-state index contributed by atoms with van der Waals surface area (Å²) in [5, 5.41) is 0. The van der Waals surface area contributed by atoms with Crippen molar-refractivity contribution >= 4 is 11.9 Å². The van der Waals surface area contributed by atoms with Crippen molar-refractivity contribution in [1.29, 1.82) is 0 Å². The lowest BCUT2D eigenvalue weighted by Gasteiger charge is -2.57. The molecule has 3 bridgehead atoms. The van der Waals surface area contributed by atoms with E-state index in [1.807, 2.05) is 0 Å². The lowest BCUT2D eigenvalue weighted by atomic mass is 9.47. The summed E-state index contributed by atoms with van der Waals surface area (Å²) >= 11 is 0. The van der Waals surface area contributed by atoms with Crippen LogP contribution in [-0.2, 0) is 14.3 Å². The molecule has 1 saturated heterocycles. The van der Waals surface area contributed by atoms with Crippen LogP contribution in [0.25, 0.3) is 0 Å². The third-order valence-corrected chi connectivity index (χ3v) is 7.95. The standard InChI is InChI=1S/C17H22O3/c1-14-6-15(2)4-10-5-16(7-14,9-17(10,15)8-14)11-3-12(18)20-13(11)19/h10-11H,3-9H2,1-2H3. The Hall–Kier alpha value is -0.860. The number of hydrogen-bond donors (Lipinski definition) is 0. The highest BCUT2D eigenvalue weighted by Crippen LogP contribution is 2.87. The fourth-order valence-electron chi connectivity index (χ4n) is 7.99. The molecule has 5 rings (SSSR count). The van der Waals surface area contributed by atoms with E-state index in [0.29, 0.717) is 22.7 Å². The average Bonchev–Trinajstić information content (AvgIpc) is 2.79. The number of rotatable bonds is 1. The fourth-order valence-corrected chi connectivity index (χ4v) is 7.99. The lowest BCUT2D eigenvalue weighted by molar-refractivity contribution is -0.155. The SMILES string of the molecule is CC12CC3(C4CC(=O)OC4=O)CC4CC(C)(C1)C4(C2)C3. The Bertz CT molecular complexity index is 569. The van der Waals surface area contributed by atoms with E-state index in [4.69, 9.17) is 4.74 Å². The Kier molecular flexibility index (Phi) is 1.68. The molecule has 0 aromatic heterocycles. The van der Waals surface area contributed by atoms with E-state index in [1.54, 1.807) is 0 Å². The Balaban J connectivity index is 1.62. The molecule has 3 heteroatoms. The van der Waals surface area contributed by atoms with Crippen molar-refractivity contribution in [3.63, 3.8) is 0 Å². The number of carbonyl (C=O) groups excluding carboxylic acids is 2. The molecule has 6 atom stereocenters. The van der Waals surface area contributed by atoms with E-state index < -0.39 is 0 Å². The molecule has 0 aromatic rings. The monoisotopic (exact) mass is 274 g/mol. The molecule has 4 saturated carbocycles. The molecule has 1 spiro atoms. The van der Waals surface area contributed by atoms with Gasteiger partial charge in [0.2, 0.25) is 0 Å². The summed E-state index contributed by atoms with van der Waals surface area (Å²) < 4.78 is 4.89. The first-order chi connectivity index (χ1) is 9.30. The van der Waals surface area contributed by atoms with Crippen molar-refractivity contribution in [1.82, 2.24) is 0 Å². The molecular weight excluding hydrogens is 252 g/mol. The van der Waals surface area contributed by atoms with E-state index in [1.165, 1.54) is 32.1 Å². The molecular formula is C17H22O3. The van der Waals surface area contributed by atoms with Crippen LogP contribution in [0.1, 0.15) is 58.8 Å². The van der Waals surface area contributed by atoms with E-state index in [9.17, 15) is 9.59 Å². The molecule has 1 aliphatic heterocycles. The molecule has 0 N–H and O–H groups in total. The Morgan fingerprint density at radius 2 is 1.85 bits per heavy atom. The van der Waals surface area contributed by atoms with Gasteiger partial charge < -0.3 is 4.74 Å². The second kappa shape index (κ2) is 2.86. The van der Waals surface area contributed by atoms with E-state index in [-0.39, 0.29) is 23.3 Å². The Morgan fingerprint density at radius 3 is 2.55 bits per heavy atom. The zero-order valence-corrected chi connectivity index (χ0v) is 12.3. The summed E-state index contributed by atoms with van der Waals surface area (Å²) in [5.74, 6) is 0.149. The van der Waals surface area contributed by atoms with Crippen LogP contribution in [-0.4, -0.2) is 11.9 Å². The molecule has 5 aliphatic rings. The van der Waals surface area contributed by atoms with Gasteiger partial charge >= 0.3 is 11.9 Å². The zero-order chi connectivity index (χ0) is 14.0. The highest BCUT2D eigenvalue weighted by molar-refractivity contribution is 5.95. The minimum Gasteiger partial charge on any atom is -0.393 e. The van der Waals surface area contributed by atoms with Crippen LogP contribution >= 0.6 is 0 Å². The van der Waals surface area contributed by atoms with Gasteiger partial charge in [-0.3, -0.25) is 9.59 Å². The maximum atomic E-state index is 12.2. The summed E-state index contributed by atoms with van der Waals surface area (Å²) in [6, 6.07) is 0. The molecule has 3 nitrogen and oxygen atoms in total. The van der Waals surface area contributed by atoms with Gasteiger partial charge in [-0.15, -0.1) is 0 Å². The van der Waals surface area contributed by atoms with Gasteiger partial charge in [-0.1, -0.05) is 13.8 Å². The van der Waals surface area contributed by atoms with Gasteiger partial charge in [-0.2, -0.15) is 0 Å². The van der Waals surface area contributed by atoms with Crippen molar-refractivity contribution in [2.75, 3.05) is 0 Å². The molecule has 0 radical (unpaired) electrons. The summed E-state index contributed by atoms with van der Waals surface area (Å²) in [5.41, 5.74) is 1.47. The predicted octanol–water partition coefficient (Wildman–Crippen LogP) is 3.07. The molecule has 0 aromatic carbocycles. The van der Waals surface area contributed by atoms with Crippen LogP contribution < -0.4 is 0 Å². The summed E-state index contributed by atoms with van der Waals surface area (Å²) in [7, 11) is 0. The van der Waals surface area contributed by atoms with E-state index in [0.717, 1.165) is 12.3 Å². The van der Waals surface area contributed by atoms with Gasteiger partial charge in [0, 0.05) is 0 Å². The largest absolute Gasteiger partial charge is 0.393 e. The summed E-state index contributed by atoms with van der Waals surface area (Å²) in [6.45, 7) is 4.91.